The molecule has 19 heavy (non-hydrogen) atoms. The van der Waals surface area contributed by atoms with Gasteiger partial charge in [0, 0.05) is 17.8 Å². The van der Waals surface area contributed by atoms with E-state index in [-0.39, 0.29) is 0 Å². The largest absolute Gasteiger partial charge is 0.399 e. The average Bonchev–Trinajstić information content (AvgIpc) is 2.77. The SMILES string of the molecule is CCCCCN(C(C)C)C1CCc2cc(N)ccc21. The van der Waals surface area contributed by atoms with Gasteiger partial charge in [-0.25, -0.2) is 0 Å². The van der Waals surface area contributed by atoms with Crippen LogP contribution < -0.4 is 5.73 Å². The lowest BCUT2D eigenvalue weighted by atomic mass is 10.0. The van der Waals surface area contributed by atoms with Crippen LogP contribution in [0.1, 0.15) is 63.6 Å². The van der Waals surface area contributed by atoms with Crippen LogP contribution in [0, 0.1) is 0 Å². The number of nitrogen functional groups attached to an aromatic ring is 1. The van der Waals surface area contributed by atoms with E-state index in [1.807, 2.05) is 0 Å². The smallest absolute Gasteiger partial charge is 0.0356 e. The number of rotatable bonds is 6. The topological polar surface area (TPSA) is 29.3 Å². The normalized spacial score (nSPS) is 18.3. The number of hydrogen-bond acceptors (Lipinski definition) is 2. The number of fused-ring (bicyclic) bond motifs is 1. The zero-order valence-electron chi connectivity index (χ0n) is 12.7. The van der Waals surface area contributed by atoms with Crippen molar-refractivity contribution in [2.24, 2.45) is 0 Å². The monoisotopic (exact) mass is 260 g/mol. The molecular formula is C17H28N2. The molecule has 0 amide bonds. The summed E-state index contributed by atoms with van der Waals surface area (Å²) < 4.78 is 0. The maximum Gasteiger partial charge on any atom is 0.0356 e. The minimum Gasteiger partial charge on any atom is -0.399 e. The van der Waals surface area contributed by atoms with Crippen molar-refractivity contribution in [2.45, 2.75) is 65.0 Å². The molecular weight excluding hydrogens is 232 g/mol. The van der Waals surface area contributed by atoms with E-state index in [9.17, 15) is 0 Å². The van der Waals surface area contributed by atoms with Gasteiger partial charge in [-0.1, -0.05) is 25.8 Å². The Morgan fingerprint density at radius 1 is 1.32 bits per heavy atom. The minimum absolute atomic E-state index is 0.604. The third-order valence-corrected chi connectivity index (χ3v) is 4.30. The lowest BCUT2D eigenvalue weighted by Gasteiger charge is -2.33. The van der Waals surface area contributed by atoms with Crippen molar-refractivity contribution in [3.8, 4) is 0 Å². The van der Waals surface area contributed by atoms with Crippen LogP contribution in [0.5, 0.6) is 0 Å². The van der Waals surface area contributed by atoms with E-state index >= 15 is 0 Å². The quantitative estimate of drug-likeness (QED) is 0.615. The van der Waals surface area contributed by atoms with Crippen LogP contribution in [0.2, 0.25) is 0 Å². The average molecular weight is 260 g/mol. The molecule has 0 radical (unpaired) electrons. The first-order valence-electron chi connectivity index (χ1n) is 7.77. The van der Waals surface area contributed by atoms with Crippen molar-refractivity contribution in [3.63, 3.8) is 0 Å². The zero-order chi connectivity index (χ0) is 13.8. The number of unbranched alkanes of at least 4 members (excludes halogenated alkanes) is 2. The first-order chi connectivity index (χ1) is 9.13. The van der Waals surface area contributed by atoms with E-state index in [0.717, 1.165) is 5.69 Å². The molecule has 2 N–H and O–H groups in total. The Kier molecular flexibility index (Phi) is 4.87. The van der Waals surface area contributed by atoms with Gasteiger partial charge in [0.15, 0.2) is 0 Å². The van der Waals surface area contributed by atoms with Gasteiger partial charge in [-0.2, -0.15) is 0 Å². The van der Waals surface area contributed by atoms with Crippen LogP contribution in [-0.2, 0) is 6.42 Å². The second-order valence-electron chi connectivity index (χ2n) is 6.05. The Hall–Kier alpha value is -1.02. The fourth-order valence-corrected chi connectivity index (χ4v) is 3.28. The third kappa shape index (κ3) is 3.30. The summed E-state index contributed by atoms with van der Waals surface area (Å²) in [6.07, 6.45) is 6.38. The first-order valence-corrected chi connectivity index (χ1v) is 7.77. The summed E-state index contributed by atoms with van der Waals surface area (Å²) >= 11 is 0. The molecule has 1 aliphatic carbocycles. The minimum atomic E-state index is 0.604. The highest BCUT2D eigenvalue weighted by Gasteiger charge is 2.28. The van der Waals surface area contributed by atoms with Crippen LogP contribution in [0.4, 0.5) is 5.69 Å². The van der Waals surface area contributed by atoms with Gasteiger partial charge < -0.3 is 5.73 Å². The molecule has 2 rings (SSSR count). The summed E-state index contributed by atoms with van der Waals surface area (Å²) in [6, 6.07) is 7.69. The van der Waals surface area contributed by atoms with Gasteiger partial charge in [-0.05, 0) is 62.9 Å². The lowest BCUT2D eigenvalue weighted by Crippen LogP contribution is -2.34. The van der Waals surface area contributed by atoms with E-state index in [1.54, 1.807) is 0 Å². The Labute approximate surface area is 118 Å². The standard InChI is InChI=1S/C17H28N2/c1-4-5-6-11-19(13(2)3)17-10-7-14-12-15(18)8-9-16(14)17/h8-9,12-13,17H,4-7,10-11,18H2,1-3H3. The van der Waals surface area contributed by atoms with E-state index < -0.39 is 0 Å². The Morgan fingerprint density at radius 2 is 2.11 bits per heavy atom. The number of nitrogens with two attached hydrogens (primary N) is 1. The number of hydrogen-bond donors (Lipinski definition) is 1. The summed E-state index contributed by atoms with van der Waals surface area (Å²) in [5.74, 6) is 0. The van der Waals surface area contributed by atoms with E-state index in [4.69, 9.17) is 5.73 Å². The van der Waals surface area contributed by atoms with Crippen LogP contribution in [0.25, 0.3) is 0 Å². The Balaban J connectivity index is 2.12. The zero-order valence-corrected chi connectivity index (χ0v) is 12.7. The molecule has 0 aromatic heterocycles. The summed E-state index contributed by atoms with van der Waals surface area (Å²) in [7, 11) is 0. The van der Waals surface area contributed by atoms with Gasteiger partial charge in [0.05, 0.1) is 0 Å². The number of benzene rings is 1. The molecule has 0 saturated carbocycles. The molecule has 0 fully saturated rings. The summed E-state index contributed by atoms with van der Waals surface area (Å²) in [5, 5.41) is 0. The third-order valence-electron chi connectivity index (χ3n) is 4.30. The molecule has 1 atom stereocenters. The molecule has 0 spiro atoms. The molecule has 1 aromatic rings. The van der Waals surface area contributed by atoms with Gasteiger partial charge in [0.2, 0.25) is 0 Å². The number of nitrogens with zero attached hydrogens (tertiary/aromatic N) is 1. The summed E-state index contributed by atoms with van der Waals surface area (Å²) in [6.45, 7) is 8.13. The Morgan fingerprint density at radius 3 is 2.79 bits per heavy atom. The Bertz CT molecular complexity index is 412. The molecule has 0 bridgehead atoms. The summed E-state index contributed by atoms with van der Waals surface area (Å²) in [5.41, 5.74) is 9.78. The molecule has 1 aliphatic rings. The molecule has 1 aromatic carbocycles. The van der Waals surface area contributed by atoms with E-state index in [2.05, 4.69) is 43.9 Å². The molecule has 1 unspecified atom stereocenters. The van der Waals surface area contributed by atoms with Gasteiger partial charge in [-0.15, -0.1) is 0 Å². The summed E-state index contributed by atoms with van der Waals surface area (Å²) in [4.78, 5) is 2.68. The fraction of sp³-hybridized carbons (Fsp3) is 0.647. The molecule has 0 aliphatic heterocycles. The predicted octanol–water partition coefficient (Wildman–Crippen LogP) is 4.16. The van der Waals surface area contributed by atoms with Gasteiger partial charge in [0.25, 0.3) is 0 Å². The van der Waals surface area contributed by atoms with Gasteiger partial charge >= 0.3 is 0 Å². The second kappa shape index (κ2) is 6.42. The van der Waals surface area contributed by atoms with Crippen molar-refractivity contribution in [3.05, 3.63) is 29.3 Å². The maximum absolute atomic E-state index is 5.90. The van der Waals surface area contributed by atoms with Crippen molar-refractivity contribution in [1.82, 2.24) is 4.90 Å². The highest BCUT2D eigenvalue weighted by molar-refractivity contribution is 5.47. The van der Waals surface area contributed by atoms with Crippen molar-refractivity contribution in [1.29, 1.82) is 0 Å². The first kappa shape index (κ1) is 14.4. The number of aryl methyl sites for hydroxylation is 1. The van der Waals surface area contributed by atoms with Crippen molar-refractivity contribution >= 4 is 5.69 Å². The van der Waals surface area contributed by atoms with Crippen molar-refractivity contribution in [2.75, 3.05) is 12.3 Å². The molecule has 106 valence electrons. The van der Waals surface area contributed by atoms with Crippen LogP contribution >= 0.6 is 0 Å². The predicted molar refractivity (Wildman–Crippen MR) is 83.3 cm³/mol. The van der Waals surface area contributed by atoms with Crippen molar-refractivity contribution < 1.29 is 0 Å². The molecule has 2 nitrogen and oxygen atoms in total. The van der Waals surface area contributed by atoms with Gasteiger partial charge in [-0.3, -0.25) is 4.90 Å². The number of anilines is 1. The second-order valence-corrected chi connectivity index (χ2v) is 6.05. The maximum atomic E-state index is 5.90. The molecule has 2 heteroatoms. The lowest BCUT2D eigenvalue weighted by molar-refractivity contribution is 0.149. The molecule has 0 saturated heterocycles. The van der Waals surface area contributed by atoms with Crippen LogP contribution in [0.3, 0.4) is 0 Å². The highest BCUT2D eigenvalue weighted by Crippen LogP contribution is 2.37. The van der Waals surface area contributed by atoms with Crippen LogP contribution in [0.15, 0.2) is 18.2 Å². The highest BCUT2D eigenvalue weighted by atomic mass is 15.2. The van der Waals surface area contributed by atoms with Gasteiger partial charge in [0.1, 0.15) is 0 Å². The molecule has 0 heterocycles. The van der Waals surface area contributed by atoms with E-state index in [1.165, 1.54) is 49.8 Å². The van der Waals surface area contributed by atoms with E-state index in [0.29, 0.717) is 12.1 Å². The fourth-order valence-electron chi connectivity index (χ4n) is 3.28. The van der Waals surface area contributed by atoms with Crippen LogP contribution in [-0.4, -0.2) is 17.5 Å².